The predicted octanol–water partition coefficient (Wildman–Crippen LogP) is 4.89. The van der Waals surface area contributed by atoms with Crippen molar-refractivity contribution in [1.29, 1.82) is 0 Å². The van der Waals surface area contributed by atoms with Crippen LogP contribution in [0.5, 0.6) is 0 Å². The molecule has 0 radical (unpaired) electrons. The summed E-state index contributed by atoms with van der Waals surface area (Å²) in [6, 6.07) is 23.2. The molecule has 0 saturated carbocycles. The lowest BCUT2D eigenvalue weighted by Crippen LogP contribution is -2.47. The van der Waals surface area contributed by atoms with E-state index < -0.39 is 6.04 Å². The van der Waals surface area contributed by atoms with Gasteiger partial charge in [0.25, 0.3) is 5.91 Å². The van der Waals surface area contributed by atoms with Crippen molar-refractivity contribution in [2.24, 2.45) is 0 Å². The number of amides is 3. The van der Waals surface area contributed by atoms with Gasteiger partial charge < -0.3 is 4.90 Å². The van der Waals surface area contributed by atoms with Gasteiger partial charge in [0.15, 0.2) is 0 Å². The standard InChI is InChI=1S/C26H22ClIN2O3/c27-20-8-4-7-19(15-20)13-14-29(24(31)16-18-5-2-1-3-6-18)23-17-25(32)30(26(23)33)22-11-9-21(28)10-12-22/h1-12,15,23H,13-14,16-17H2. The number of halogens is 2. The van der Waals surface area contributed by atoms with Crippen molar-refractivity contribution in [3.63, 3.8) is 0 Å². The van der Waals surface area contributed by atoms with Crippen molar-refractivity contribution in [1.82, 2.24) is 4.90 Å². The second kappa shape index (κ2) is 10.5. The highest BCUT2D eigenvalue weighted by atomic mass is 127. The summed E-state index contributed by atoms with van der Waals surface area (Å²) in [4.78, 5) is 42.3. The molecule has 5 nitrogen and oxygen atoms in total. The largest absolute Gasteiger partial charge is 0.329 e. The zero-order valence-electron chi connectivity index (χ0n) is 17.8. The molecule has 3 aromatic rings. The van der Waals surface area contributed by atoms with Crippen molar-refractivity contribution in [3.8, 4) is 0 Å². The summed E-state index contributed by atoms with van der Waals surface area (Å²) in [6.45, 7) is 0.316. The van der Waals surface area contributed by atoms with Crippen molar-refractivity contribution >= 4 is 57.6 Å². The number of rotatable bonds is 7. The fourth-order valence-electron chi connectivity index (χ4n) is 3.99. The Morgan fingerprint density at radius 2 is 1.67 bits per heavy atom. The molecule has 168 valence electrons. The molecule has 3 amide bonds. The quantitative estimate of drug-likeness (QED) is 0.299. The lowest BCUT2D eigenvalue weighted by Gasteiger charge is -2.28. The number of nitrogens with zero attached hydrogens (tertiary/aromatic N) is 2. The molecule has 7 heteroatoms. The van der Waals surface area contributed by atoms with Gasteiger partial charge in [-0.15, -0.1) is 0 Å². The third-order valence-electron chi connectivity index (χ3n) is 5.63. The van der Waals surface area contributed by atoms with E-state index in [-0.39, 0.29) is 30.6 Å². The van der Waals surface area contributed by atoms with Gasteiger partial charge in [0.05, 0.1) is 18.5 Å². The molecule has 1 fully saturated rings. The van der Waals surface area contributed by atoms with Crippen LogP contribution in [-0.2, 0) is 27.2 Å². The van der Waals surface area contributed by atoms with Gasteiger partial charge in [0.1, 0.15) is 6.04 Å². The minimum atomic E-state index is -0.827. The SMILES string of the molecule is O=C1CC(N(CCc2cccc(Cl)c2)C(=O)Cc2ccccc2)C(=O)N1c1ccc(I)cc1. The summed E-state index contributed by atoms with van der Waals surface area (Å²) < 4.78 is 1.01. The maximum Gasteiger partial charge on any atom is 0.257 e. The van der Waals surface area contributed by atoms with Gasteiger partial charge in [0, 0.05) is 15.1 Å². The lowest BCUT2D eigenvalue weighted by atomic mass is 10.1. The van der Waals surface area contributed by atoms with Crippen LogP contribution < -0.4 is 4.90 Å². The maximum atomic E-state index is 13.4. The normalized spacial score (nSPS) is 15.7. The highest BCUT2D eigenvalue weighted by molar-refractivity contribution is 14.1. The van der Waals surface area contributed by atoms with E-state index >= 15 is 0 Å². The Morgan fingerprint density at radius 3 is 2.36 bits per heavy atom. The number of hydrogen-bond donors (Lipinski definition) is 0. The first kappa shape index (κ1) is 23.4. The smallest absolute Gasteiger partial charge is 0.257 e. The van der Waals surface area contributed by atoms with Gasteiger partial charge in [-0.05, 0) is 76.5 Å². The van der Waals surface area contributed by atoms with Gasteiger partial charge in [0.2, 0.25) is 11.8 Å². The van der Waals surface area contributed by atoms with Crippen molar-refractivity contribution in [2.75, 3.05) is 11.4 Å². The van der Waals surface area contributed by atoms with E-state index in [9.17, 15) is 14.4 Å². The third-order valence-corrected chi connectivity index (χ3v) is 6.59. The van der Waals surface area contributed by atoms with Crippen LogP contribution in [0.2, 0.25) is 5.02 Å². The number of benzene rings is 3. The van der Waals surface area contributed by atoms with Crippen LogP contribution in [0.25, 0.3) is 0 Å². The topological polar surface area (TPSA) is 57.7 Å². The van der Waals surface area contributed by atoms with Crippen LogP contribution in [0.3, 0.4) is 0 Å². The Morgan fingerprint density at radius 1 is 0.970 bits per heavy atom. The van der Waals surface area contributed by atoms with E-state index in [0.717, 1.165) is 14.7 Å². The molecular formula is C26H22ClIN2O3. The zero-order valence-corrected chi connectivity index (χ0v) is 20.7. The van der Waals surface area contributed by atoms with Gasteiger partial charge in [-0.1, -0.05) is 54.1 Å². The van der Waals surface area contributed by atoms with Gasteiger partial charge in [-0.25, -0.2) is 4.90 Å². The fourth-order valence-corrected chi connectivity index (χ4v) is 4.56. The van der Waals surface area contributed by atoms with Crippen LogP contribution in [0, 0.1) is 3.57 Å². The molecule has 1 aliphatic rings. The Bertz CT molecular complexity index is 1170. The Kier molecular flexibility index (Phi) is 7.45. The molecule has 1 heterocycles. The van der Waals surface area contributed by atoms with Crippen LogP contribution in [0.15, 0.2) is 78.9 Å². The first-order valence-electron chi connectivity index (χ1n) is 10.6. The molecule has 1 atom stereocenters. The Labute approximate surface area is 211 Å². The number of carbonyl (C=O) groups is 3. The second-order valence-corrected chi connectivity index (χ2v) is 9.58. The first-order valence-corrected chi connectivity index (χ1v) is 12.1. The van der Waals surface area contributed by atoms with Crippen LogP contribution in [-0.4, -0.2) is 35.2 Å². The summed E-state index contributed by atoms with van der Waals surface area (Å²) in [5.74, 6) is -0.848. The van der Waals surface area contributed by atoms with Gasteiger partial charge in [-0.3, -0.25) is 14.4 Å². The second-order valence-electron chi connectivity index (χ2n) is 7.89. The molecule has 1 aliphatic heterocycles. The molecule has 4 rings (SSSR count). The molecule has 3 aromatic carbocycles. The van der Waals surface area contributed by atoms with E-state index in [4.69, 9.17) is 11.6 Å². The van der Waals surface area contributed by atoms with Crippen LogP contribution >= 0.6 is 34.2 Å². The third kappa shape index (κ3) is 5.62. The molecule has 1 unspecified atom stereocenters. The molecule has 1 saturated heterocycles. The Balaban J connectivity index is 1.58. The van der Waals surface area contributed by atoms with E-state index in [1.807, 2.05) is 60.7 Å². The van der Waals surface area contributed by atoms with Crippen molar-refractivity contribution < 1.29 is 14.4 Å². The fraction of sp³-hybridized carbons (Fsp3) is 0.192. The molecule has 0 bridgehead atoms. The zero-order chi connectivity index (χ0) is 23.4. The number of anilines is 1. The predicted molar refractivity (Wildman–Crippen MR) is 137 cm³/mol. The van der Waals surface area contributed by atoms with Crippen molar-refractivity contribution in [2.45, 2.75) is 25.3 Å². The molecular weight excluding hydrogens is 551 g/mol. The molecule has 0 aliphatic carbocycles. The van der Waals surface area contributed by atoms with E-state index in [1.165, 1.54) is 4.90 Å². The summed E-state index contributed by atoms with van der Waals surface area (Å²) >= 11 is 8.28. The highest BCUT2D eigenvalue weighted by Crippen LogP contribution is 2.27. The minimum Gasteiger partial charge on any atom is -0.329 e. The van der Waals surface area contributed by atoms with E-state index in [2.05, 4.69) is 22.6 Å². The number of imide groups is 1. The minimum absolute atomic E-state index is 0.0269. The van der Waals surface area contributed by atoms with E-state index in [1.54, 1.807) is 23.1 Å². The molecule has 0 N–H and O–H groups in total. The summed E-state index contributed by atoms with van der Waals surface area (Å²) in [7, 11) is 0. The first-order chi connectivity index (χ1) is 15.9. The maximum absolute atomic E-state index is 13.4. The van der Waals surface area contributed by atoms with Crippen molar-refractivity contribution in [3.05, 3.63) is 98.6 Å². The average molecular weight is 573 g/mol. The Hall–Kier alpha value is -2.71. The number of carbonyl (C=O) groups excluding carboxylic acids is 3. The molecule has 0 spiro atoms. The number of hydrogen-bond acceptors (Lipinski definition) is 3. The van der Waals surface area contributed by atoms with Gasteiger partial charge >= 0.3 is 0 Å². The highest BCUT2D eigenvalue weighted by Gasteiger charge is 2.44. The van der Waals surface area contributed by atoms with E-state index in [0.29, 0.717) is 23.7 Å². The summed E-state index contributed by atoms with van der Waals surface area (Å²) in [6.07, 6.45) is 0.668. The molecule has 33 heavy (non-hydrogen) atoms. The summed E-state index contributed by atoms with van der Waals surface area (Å²) in [5.41, 5.74) is 2.35. The van der Waals surface area contributed by atoms with Gasteiger partial charge in [-0.2, -0.15) is 0 Å². The average Bonchev–Trinajstić information content (AvgIpc) is 3.09. The molecule has 0 aromatic heterocycles. The van der Waals surface area contributed by atoms with Crippen LogP contribution in [0.1, 0.15) is 17.5 Å². The monoisotopic (exact) mass is 572 g/mol. The van der Waals surface area contributed by atoms with Crippen LogP contribution in [0.4, 0.5) is 5.69 Å². The summed E-state index contributed by atoms with van der Waals surface area (Å²) in [5, 5.41) is 0.617. The lowest BCUT2D eigenvalue weighted by molar-refractivity contribution is -0.137.